The maximum Gasteiger partial charge on any atom is 0.259 e. The zero-order valence-electron chi connectivity index (χ0n) is 13.9. The van der Waals surface area contributed by atoms with Crippen LogP contribution in [0.1, 0.15) is 5.56 Å². The molecule has 2 saturated heterocycles. The van der Waals surface area contributed by atoms with Crippen LogP contribution in [0.15, 0.2) is 34.3 Å². The number of hydrogen-bond acceptors (Lipinski definition) is 4. The summed E-state index contributed by atoms with van der Waals surface area (Å²) in [7, 11) is 0. The number of carbonyl (C=O) groups is 2. The van der Waals surface area contributed by atoms with Crippen LogP contribution in [-0.4, -0.2) is 74.2 Å². The fourth-order valence-electron chi connectivity index (χ4n) is 2.81. The topological polar surface area (TPSA) is 59.1 Å². The van der Waals surface area contributed by atoms with E-state index in [1.54, 1.807) is 15.9 Å². The van der Waals surface area contributed by atoms with Crippen LogP contribution in [0.4, 0.5) is 0 Å². The molecule has 2 aliphatic rings. The van der Waals surface area contributed by atoms with Gasteiger partial charge in [-0.2, -0.15) is 0 Å². The molecule has 0 saturated carbocycles. The normalized spacial score (nSPS) is 18.0. The first-order chi connectivity index (χ1) is 12.1. The van der Waals surface area contributed by atoms with E-state index >= 15 is 0 Å². The molecule has 2 amide bonds. The number of morpholine rings is 2. The van der Waals surface area contributed by atoms with E-state index in [9.17, 15) is 9.59 Å². The van der Waals surface area contributed by atoms with Gasteiger partial charge in [-0.15, -0.1) is 0 Å². The number of hydrogen-bond donors (Lipinski definition) is 0. The molecule has 2 aliphatic heterocycles. The molecule has 0 aromatic heterocycles. The van der Waals surface area contributed by atoms with Crippen LogP contribution >= 0.6 is 15.9 Å². The molecule has 2 heterocycles. The van der Waals surface area contributed by atoms with E-state index in [4.69, 9.17) is 9.47 Å². The van der Waals surface area contributed by atoms with Gasteiger partial charge in [0, 0.05) is 30.7 Å². The third kappa shape index (κ3) is 4.68. The number of benzene rings is 1. The van der Waals surface area contributed by atoms with Crippen molar-refractivity contribution >= 4 is 33.8 Å². The Bertz CT molecular complexity index is 616. The van der Waals surface area contributed by atoms with Crippen LogP contribution in [-0.2, 0) is 19.1 Å². The number of halogens is 1. The first-order valence-electron chi connectivity index (χ1n) is 8.36. The van der Waals surface area contributed by atoms with Crippen molar-refractivity contribution in [1.82, 2.24) is 9.80 Å². The van der Waals surface area contributed by atoms with Gasteiger partial charge >= 0.3 is 0 Å². The summed E-state index contributed by atoms with van der Waals surface area (Å²) in [5, 5.41) is 0. The van der Waals surface area contributed by atoms with Crippen molar-refractivity contribution in [3.8, 4) is 0 Å². The predicted octanol–water partition coefficient (Wildman–Crippen LogP) is 1.55. The molecule has 2 fully saturated rings. The minimum absolute atomic E-state index is 0.200. The van der Waals surface area contributed by atoms with Crippen LogP contribution in [0.2, 0.25) is 0 Å². The average molecular weight is 409 g/mol. The molecular weight excluding hydrogens is 388 g/mol. The quantitative estimate of drug-likeness (QED) is 0.432. The second-order valence-corrected chi connectivity index (χ2v) is 6.83. The fraction of sp³-hybridized carbons (Fsp3) is 0.444. The lowest BCUT2D eigenvalue weighted by molar-refractivity contribution is -0.138. The van der Waals surface area contributed by atoms with Crippen LogP contribution in [0, 0.1) is 0 Å². The molecule has 0 N–H and O–H groups in total. The third-order valence-corrected chi connectivity index (χ3v) is 4.77. The smallest absolute Gasteiger partial charge is 0.259 e. The minimum Gasteiger partial charge on any atom is -0.378 e. The summed E-state index contributed by atoms with van der Waals surface area (Å²) in [6.45, 7) is 4.04. The van der Waals surface area contributed by atoms with E-state index in [2.05, 4.69) is 15.9 Å². The van der Waals surface area contributed by atoms with Crippen molar-refractivity contribution in [3.63, 3.8) is 0 Å². The summed E-state index contributed by atoms with van der Waals surface area (Å²) in [6, 6.07) is 7.54. The average Bonchev–Trinajstić information content (AvgIpc) is 2.68. The van der Waals surface area contributed by atoms with Gasteiger partial charge in [0.1, 0.15) is 5.57 Å². The Kier molecular flexibility index (Phi) is 6.23. The Morgan fingerprint density at radius 3 is 1.72 bits per heavy atom. The summed E-state index contributed by atoms with van der Waals surface area (Å²) in [5.74, 6) is -0.467. The van der Waals surface area contributed by atoms with Crippen molar-refractivity contribution in [2.24, 2.45) is 0 Å². The van der Waals surface area contributed by atoms with Gasteiger partial charge in [-0.3, -0.25) is 9.59 Å². The standard InChI is InChI=1S/C18H21BrN2O4/c19-15-3-1-14(2-4-15)13-16(17(22)20-5-9-24-10-6-20)18(23)21-7-11-25-12-8-21/h1-4,13H,5-12H2. The largest absolute Gasteiger partial charge is 0.378 e. The van der Waals surface area contributed by atoms with E-state index in [0.717, 1.165) is 10.0 Å². The van der Waals surface area contributed by atoms with Crippen LogP contribution in [0.3, 0.4) is 0 Å². The maximum atomic E-state index is 13.0. The number of ether oxygens (including phenoxy) is 2. The summed E-state index contributed by atoms with van der Waals surface area (Å²) in [6.07, 6.45) is 1.68. The Labute approximate surface area is 155 Å². The highest BCUT2D eigenvalue weighted by Crippen LogP contribution is 2.17. The molecular formula is C18H21BrN2O4. The van der Waals surface area contributed by atoms with Gasteiger partial charge in [-0.1, -0.05) is 28.1 Å². The number of nitrogens with zero attached hydrogens (tertiary/aromatic N) is 2. The van der Waals surface area contributed by atoms with E-state index in [1.165, 1.54) is 0 Å². The van der Waals surface area contributed by atoms with Crippen molar-refractivity contribution in [3.05, 3.63) is 39.9 Å². The van der Waals surface area contributed by atoms with Crippen LogP contribution < -0.4 is 0 Å². The highest BCUT2D eigenvalue weighted by Gasteiger charge is 2.29. The SMILES string of the molecule is O=C(C(=Cc1ccc(Br)cc1)C(=O)N1CCOCC1)N1CCOCC1. The van der Waals surface area contributed by atoms with Crippen molar-refractivity contribution in [2.75, 3.05) is 52.6 Å². The molecule has 0 atom stereocenters. The van der Waals surface area contributed by atoms with Gasteiger partial charge in [0.25, 0.3) is 11.8 Å². The monoisotopic (exact) mass is 408 g/mol. The second-order valence-electron chi connectivity index (χ2n) is 5.92. The van der Waals surface area contributed by atoms with Crippen LogP contribution in [0.5, 0.6) is 0 Å². The van der Waals surface area contributed by atoms with Crippen molar-refractivity contribution in [1.29, 1.82) is 0 Å². The van der Waals surface area contributed by atoms with Gasteiger partial charge < -0.3 is 19.3 Å². The van der Waals surface area contributed by atoms with Gasteiger partial charge in [-0.05, 0) is 23.8 Å². The minimum atomic E-state index is -0.234. The van der Waals surface area contributed by atoms with E-state index in [-0.39, 0.29) is 17.4 Å². The zero-order valence-corrected chi connectivity index (χ0v) is 15.5. The lowest BCUT2D eigenvalue weighted by atomic mass is 10.1. The van der Waals surface area contributed by atoms with Gasteiger partial charge in [0.05, 0.1) is 26.4 Å². The molecule has 0 bridgehead atoms. The Balaban J connectivity index is 1.87. The molecule has 0 unspecified atom stereocenters. The lowest BCUT2D eigenvalue weighted by Crippen LogP contribution is -2.47. The molecule has 25 heavy (non-hydrogen) atoms. The first kappa shape index (κ1) is 18.1. The van der Waals surface area contributed by atoms with E-state index in [1.807, 2.05) is 24.3 Å². The molecule has 134 valence electrons. The van der Waals surface area contributed by atoms with Crippen LogP contribution in [0.25, 0.3) is 6.08 Å². The van der Waals surface area contributed by atoms with E-state index in [0.29, 0.717) is 52.6 Å². The number of amides is 2. The molecule has 0 spiro atoms. The molecule has 0 radical (unpaired) electrons. The Morgan fingerprint density at radius 2 is 1.28 bits per heavy atom. The highest BCUT2D eigenvalue weighted by molar-refractivity contribution is 9.10. The molecule has 3 rings (SSSR count). The van der Waals surface area contributed by atoms with Gasteiger partial charge in [-0.25, -0.2) is 0 Å². The van der Waals surface area contributed by atoms with E-state index < -0.39 is 0 Å². The Hall–Kier alpha value is -1.70. The third-order valence-electron chi connectivity index (χ3n) is 4.24. The Morgan fingerprint density at radius 1 is 0.840 bits per heavy atom. The molecule has 6 nitrogen and oxygen atoms in total. The highest BCUT2D eigenvalue weighted by atomic mass is 79.9. The number of carbonyl (C=O) groups excluding carboxylic acids is 2. The summed E-state index contributed by atoms with van der Waals surface area (Å²) in [4.78, 5) is 29.3. The second kappa shape index (κ2) is 8.60. The summed E-state index contributed by atoms with van der Waals surface area (Å²) < 4.78 is 11.6. The van der Waals surface area contributed by atoms with Crippen molar-refractivity contribution < 1.29 is 19.1 Å². The fourth-order valence-corrected chi connectivity index (χ4v) is 3.08. The molecule has 1 aromatic carbocycles. The predicted molar refractivity (Wildman–Crippen MR) is 96.9 cm³/mol. The summed E-state index contributed by atoms with van der Waals surface area (Å²) >= 11 is 3.40. The number of rotatable bonds is 3. The maximum absolute atomic E-state index is 13.0. The van der Waals surface area contributed by atoms with Crippen molar-refractivity contribution in [2.45, 2.75) is 0 Å². The summed E-state index contributed by atoms with van der Waals surface area (Å²) in [5.41, 5.74) is 1.02. The van der Waals surface area contributed by atoms with Gasteiger partial charge in [0.15, 0.2) is 0 Å². The zero-order chi connectivity index (χ0) is 17.6. The van der Waals surface area contributed by atoms with Gasteiger partial charge in [0.2, 0.25) is 0 Å². The first-order valence-corrected chi connectivity index (χ1v) is 9.16. The molecule has 0 aliphatic carbocycles. The lowest BCUT2D eigenvalue weighted by Gasteiger charge is -2.31. The molecule has 7 heteroatoms. The molecule has 1 aromatic rings.